The molecule has 0 saturated carbocycles. The molecule has 0 aliphatic carbocycles. The maximum atomic E-state index is 13.6. The third kappa shape index (κ3) is 6.50. The molecule has 2 aromatic carbocycles. The van der Waals surface area contributed by atoms with Crippen LogP contribution in [0.2, 0.25) is 0 Å². The molecule has 5 nitrogen and oxygen atoms in total. The number of nitrogens with two attached hydrogens (primary N) is 1. The van der Waals surface area contributed by atoms with Crippen molar-refractivity contribution in [3.63, 3.8) is 0 Å². The summed E-state index contributed by atoms with van der Waals surface area (Å²) in [7, 11) is -3.34. The van der Waals surface area contributed by atoms with Gasteiger partial charge in [-0.25, -0.2) is 21.6 Å². The van der Waals surface area contributed by atoms with Crippen molar-refractivity contribution in [2.24, 2.45) is 5.73 Å². The van der Waals surface area contributed by atoms with Gasteiger partial charge in [0.15, 0.2) is 21.5 Å². The summed E-state index contributed by atoms with van der Waals surface area (Å²) in [5, 5.41) is 2.61. The van der Waals surface area contributed by atoms with E-state index in [1.165, 1.54) is 24.3 Å². The molecule has 0 fully saturated rings. The van der Waals surface area contributed by atoms with E-state index in [1.54, 1.807) is 0 Å². The molecule has 0 heterocycles. The Labute approximate surface area is 167 Å². The molecule has 154 valence electrons. The van der Waals surface area contributed by atoms with Crippen LogP contribution >= 0.6 is 12.4 Å². The van der Waals surface area contributed by atoms with Crippen molar-refractivity contribution in [3.8, 4) is 0 Å². The molecule has 28 heavy (non-hydrogen) atoms. The van der Waals surface area contributed by atoms with Crippen LogP contribution in [0.15, 0.2) is 41.3 Å². The zero-order chi connectivity index (χ0) is 20.2. The van der Waals surface area contributed by atoms with Crippen molar-refractivity contribution in [1.29, 1.82) is 0 Å². The van der Waals surface area contributed by atoms with Gasteiger partial charge < -0.3 is 11.1 Å². The van der Waals surface area contributed by atoms with Crippen LogP contribution in [0.5, 0.6) is 0 Å². The second-order valence-corrected chi connectivity index (χ2v) is 8.18. The van der Waals surface area contributed by atoms with Gasteiger partial charge in [-0.05, 0) is 48.7 Å². The fourth-order valence-electron chi connectivity index (χ4n) is 2.43. The van der Waals surface area contributed by atoms with Crippen LogP contribution in [-0.4, -0.2) is 33.2 Å². The highest BCUT2D eigenvalue weighted by molar-refractivity contribution is 7.90. The Hall–Kier alpha value is -2.10. The predicted octanol–water partition coefficient (Wildman–Crippen LogP) is 2.62. The van der Waals surface area contributed by atoms with Gasteiger partial charge in [0.1, 0.15) is 5.82 Å². The lowest BCUT2D eigenvalue weighted by Crippen LogP contribution is -2.31. The van der Waals surface area contributed by atoms with Crippen LogP contribution in [0.4, 0.5) is 13.2 Å². The van der Waals surface area contributed by atoms with Crippen molar-refractivity contribution < 1.29 is 26.4 Å². The summed E-state index contributed by atoms with van der Waals surface area (Å²) in [6.45, 7) is 0.180. The molecule has 0 aliphatic rings. The minimum absolute atomic E-state index is 0. The summed E-state index contributed by atoms with van der Waals surface area (Å²) in [6, 6.07) is 6.12. The van der Waals surface area contributed by atoms with Gasteiger partial charge in [0.2, 0.25) is 0 Å². The number of amides is 1. The molecule has 0 aromatic heterocycles. The molecule has 0 radical (unpaired) electrons. The first kappa shape index (κ1) is 23.9. The van der Waals surface area contributed by atoms with Crippen LogP contribution in [0.25, 0.3) is 0 Å². The molecule has 10 heteroatoms. The highest BCUT2D eigenvalue weighted by Crippen LogP contribution is 2.15. The summed E-state index contributed by atoms with van der Waals surface area (Å²) in [5.74, 6) is -3.70. The summed E-state index contributed by atoms with van der Waals surface area (Å²) in [6.07, 6.45) is 1.34. The first-order valence-corrected chi connectivity index (χ1v) is 9.94. The lowest BCUT2D eigenvalue weighted by molar-refractivity contribution is 0.0952. The van der Waals surface area contributed by atoms with Gasteiger partial charge in [0.05, 0.1) is 4.90 Å². The Morgan fingerprint density at radius 3 is 2.21 bits per heavy atom. The maximum absolute atomic E-state index is 13.6. The average Bonchev–Trinajstić information content (AvgIpc) is 2.59. The van der Waals surface area contributed by atoms with Gasteiger partial charge in [-0.1, -0.05) is 0 Å². The van der Waals surface area contributed by atoms with Gasteiger partial charge in [-0.15, -0.1) is 12.4 Å². The zero-order valence-corrected chi connectivity index (χ0v) is 16.5. The molecule has 0 aliphatic heterocycles. The van der Waals surface area contributed by atoms with E-state index in [9.17, 15) is 26.4 Å². The first-order valence-electron chi connectivity index (χ1n) is 8.05. The number of sulfone groups is 1. The molecular formula is C18H20ClF3N2O3S. The van der Waals surface area contributed by atoms with Gasteiger partial charge in [0.25, 0.3) is 5.91 Å². The highest BCUT2D eigenvalue weighted by atomic mass is 35.5. The number of rotatable bonds is 7. The van der Waals surface area contributed by atoms with Crippen molar-refractivity contribution >= 4 is 28.2 Å². The number of nitrogens with one attached hydrogen (secondary N) is 1. The second-order valence-electron chi connectivity index (χ2n) is 6.16. The Bertz CT molecular complexity index is 938. The molecule has 0 saturated heterocycles. The molecule has 2 rings (SSSR count). The quantitative estimate of drug-likeness (QED) is 0.653. The number of hydrogen-bond donors (Lipinski definition) is 2. The van der Waals surface area contributed by atoms with Crippen LogP contribution in [0.3, 0.4) is 0 Å². The minimum atomic E-state index is -3.34. The van der Waals surface area contributed by atoms with Crippen molar-refractivity contribution in [2.45, 2.75) is 23.8 Å². The predicted molar refractivity (Wildman–Crippen MR) is 102 cm³/mol. The number of carbonyl (C=O) groups excluding carboxylic acids is 1. The SMILES string of the molecule is CS(=O)(=O)c1ccc(C(=O)NCC[C@H](N)Cc2cc(F)c(F)cc2F)cc1.Cl. The van der Waals surface area contributed by atoms with Crippen LogP contribution < -0.4 is 11.1 Å². The van der Waals surface area contributed by atoms with E-state index in [0.717, 1.165) is 12.3 Å². The molecule has 0 unspecified atom stereocenters. The lowest BCUT2D eigenvalue weighted by atomic mass is 10.0. The fourth-order valence-corrected chi connectivity index (χ4v) is 3.06. The Morgan fingerprint density at radius 2 is 1.64 bits per heavy atom. The van der Waals surface area contributed by atoms with E-state index in [-0.39, 0.29) is 47.8 Å². The molecular weight excluding hydrogens is 417 g/mol. The topological polar surface area (TPSA) is 89.3 Å². The number of benzene rings is 2. The third-order valence-electron chi connectivity index (χ3n) is 3.92. The van der Waals surface area contributed by atoms with Gasteiger partial charge >= 0.3 is 0 Å². The maximum Gasteiger partial charge on any atom is 0.251 e. The Kier molecular flexibility index (Phi) is 8.47. The summed E-state index contributed by atoms with van der Waals surface area (Å²) >= 11 is 0. The summed E-state index contributed by atoms with van der Waals surface area (Å²) in [5.41, 5.74) is 6.10. The standard InChI is InChI=1S/C18H19F3N2O3S.ClH/c1-27(25,26)14-4-2-11(3-5-14)18(24)23-7-6-13(22)8-12-9-16(20)17(21)10-15(12)19;/h2-5,9-10,13H,6-8,22H2,1H3,(H,23,24);1H/t13-;/m0./s1. The smallest absolute Gasteiger partial charge is 0.251 e. The number of hydrogen-bond acceptors (Lipinski definition) is 4. The summed E-state index contributed by atoms with van der Waals surface area (Å²) in [4.78, 5) is 12.1. The van der Waals surface area contributed by atoms with Crippen molar-refractivity contribution in [2.75, 3.05) is 12.8 Å². The monoisotopic (exact) mass is 436 g/mol. The van der Waals surface area contributed by atoms with E-state index in [4.69, 9.17) is 5.73 Å². The van der Waals surface area contributed by atoms with E-state index in [1.807, 2.05) is 0 Å². The van der Waals surface area contributed by atoms with E-state index >= 15 is 0 Å². The average molecular weight is 437 g/mol. The molecule has 3 N–H and O–H groups in total. The molecule has 0 bridgehead atoms. The number of carbonyl (C=O) groups is 1. The fraction of sp³-hybridized carbons (Fsp3) is 0.278. The van der Waals surface area contributed by atoms with Crippen LogP contribution in [0.1, 0.15) is 22.3 Å². The van der Waals surface area contributed by atoms with E-state index < -0.39 is 39.2 Å². The van der Waals surface area contributed by atoms with Crippen molar-refractivity contribution in [3.05, 3.63) is 65.0 Å². The van der Waals surface area contributed by atoms with E-state index in [2.05, 4.69) is 5.32 Å². The zero-order valence-electron chi connectivity index (χ0n) is 14.9. The van der Waals surface area contributed by atoms with Crippen molar-refractivity contribution in [1.82, 2.24) is 5.32 Å². The third-order valence-corrected chi connectivity index (χ3v) is 5.05. The van der Waals surface area contributed by atoms with Gasteiger partial charge in [-0.3, -0.25) is 4.79 Å². The van der Waals surface area contributed by atoms with Crippen LogP contribution in [0, 0.1) is 17.5 Å². The normalized spacial score (nSPS) is 12.2. The lowest BCUT2D eigenvalue weighted by Gasteiger charge is -2.13. The van der Waals surface area contributed by atoms with Gasteiger partial charge in [0, 0.05) is 30.5 Å². The molecule has 1 amide bonds. The Morgan fingerprint density at radius 1 is 1.07 bits per heavy atom. The minimum Gasteiger partial charge on any atom is -0.352 e. The molecule has 1 atom stereocenters. The highest BCUT2D eigenvalue weighted by Gasteiger charge is 2.14. The van der Waals surface area contributed by atoms with Crippen LogP contribution in [-0.2, 0) is 16.3 Å². The number of halogens is 4. The van der Waals surface area contributed by atoms with E-state index in [0.29, 0.717) is 6.07 Å². The second kappa shape index (κ2) is 9.90. The first-order chi connectivity index (χ1) is 12.6. The largest absolute Gasteiger partial charge is 0.352 e. The molecule has 2 aromatic rings. The van der Waals surface area contributed by atoms with Gasteiger partial charge in [-0.2, -0.15) is 0 Å². The molecule has 0 spiro atoms. The Balaban J connectivity index is 0.00000392. The summed E-state index contributed by atoms with van der Waals surface area (Å²) < 4.78 is 62.5.